The number of hydrogen-bond donors (Lipinski definition) is 3. The molecule has 0 saturated heterocycles. The maximum atomic E-state index is 13.1. The number of imidazole rings is 1. The minimum Gasteiger partial charge on any atom is -0.457 e. The number of rotatable bonds is 5. The van der Waals surface area contributed by atoms with Crippen molar-refractivity contribution in [2.24, 2.45) is 0 Å². The van der Waals surface area contributed by atoms with E-state index < -0.39 is 22.7 Å². The van der Waals surface area contributed by atoms with Crippen LogP contribution in [0.5, 0.6) is 11.5 Å². The number of nitrogens with one attached hydrogen (secondary N) is 3. The number of carbonyl (C=O) groups is 2. The van der Waals surface area contributed by atoms with Gasteiger partial charge in [0.05, 0.1) is 21.6 Å². The number of carbonyl (C=O) groups excluding carboxylic acids is 2. The molecule has 12 heteroatoms. The highest BCUT2D eigenvalue weighted by Gasteiger charge is 2.33. The summed E-state index contributed by atoms with van der Waals surface area (Å²) in [7, 11) is 1.48. The number of pyridine rings is 1. The molecule has 2 aromatic carbocycles. The SMILES string of the molecule is CNC(=O)c1cc(Oc2cccc(C(=O)Nc3nc4cc(Cl)c(C(F)(F)F)cc4[nH]3)c2)ccn1. The summed E-state index contributed by atoms with van der Waals surface area (Å²) in [5, 5.41) is 4.46. The molecule has 0 saturated carbocycles. The van der Waals surface area contributed by atoms with Crippen LogP contribution < -0.4 is 15.4 Å². The van der Waals surface area contributed by atoms with E-state index in [4.69, 9.17) is 16.3 Å². The van der Waals surface area contributed by atoms with E-state index in [0.29, 0.717) is 11.5 Å². The van der Waals surface area contributed by atoms with Crippen molar-refractivity contribution in [3.63, 3.8) is 0 Å². The van der Waals surface area contributed by atoms with Gasteiger partial charge in [-0.15, -0.1) is 0 Å². The number of ether oxygens (including phenoxy) is 1. The van der Waals surface area contributed by atoms with Gasteiger partial charge in [-0.25, -0.2) is 4.98 Å². The van der Waals surface area contributed by atoms with Gasteiger partial charge in [-0.3, -0.25) is 19.9 Å². The fourth-order valence-electron chi connectivity index (χ4n) is 3.05. The van der Waals surface area contributed by atoms with E-state index >= 15 is 0 Å². The van der Waals surface area contributed by atoms with Crippen LogP contribution in [0.25, 0.3) is 11.0 Å². The number of aromatic amines is 1. The Hall–Kier alpha value is -4.12. The van der Waals surface area contributed by atoms with Gasteiger partial charge in [0, 0.05) is 24.9 Å². The molecule has 34 heavy (non-hydrogen) atoms. The Morgan fingerprint density at radius 1 is 1.06 bits per heavy atom. The lowest BCUT2D eigenvalue weighted by atomic mass is 10.2. The lowest BCUT2D eigenvalue weighted by Crippen LogP contribution is -2.18. The summed E-state index contributed by atoms with van der Waals surface area (Å²) in [6.45, 7) is 0. The van der Waals surface area contributed by atoms with Crippen LogP contribution in [0.4, 0.5) is 19.1 Å². The first-order chi connectivity index (χ1) is 16.1. The molecule has 0 radical (unpaired) electrons. The molecule has 4 aromatic rings. The Labute approximate surface area is 195 Å². The van der Waals surface area contributed by atoms with Gasteiger partial charge in [-0.05, 0) is 36.4 Å². The normalized spacial score (nSPS) is 11.3. The van der Waals surface area contributed by atoms with Gasteiger partial charge in [-0.1, -0.05) is 17.7 Å². The quantitative estimate of drug-likeness (QED) is 0.364. The molecule has 3 N–H and O–H groups in total. The molecule has 174 valence electrons. The third-order valence-electron chi connectivity index (χ3n) is 4.63. The van der Waals surface area contributed by atoms with E-state index in [1.165, 1.54) is 31.4 Å². The van der Waals surface area contributed by atoms with Crippen molar-refractivity contribution < 1.29 is 27.5 Å². The standard InChI is InChI=1S/C22H15ClF3N5O3/c1-27-20(33)18-8-13(5-6-28-18)34-12-4-2-3-11(7-12)19(32)31-21-29-16-9-14(22(24,25)26)15(23)10-17(16)30-21/h2-10H,1H3,(H,27,33)(H2,29,30,31,32). The zero-order valence-electron chi connectivity index (χ0n) is 17.3. The Balaban J connectivity index is 1.53. The summed E-state index contributed by atoms with van der Waals surface area (Å²) in [6, 6.07) is 11.1. The Bertz CT molecular complexity index is 1400. The number of alkyl halides is 3. The van der Waals surface area contributed by atoms with Crippen LogP contribution in [0.2, 0.25) is 5.02 Å². The summed E-state index contributed by atoms with van der Waals surface area (Å²) in [5.74, 6) is -0.361. The van der Waals surface area contributed by atoms with Gasteiger partial charge in [0.25, 0.3) is 11.8 Å². The van der Waals surface area contributed by atoms with E-state index in [1.54, 1.807) is 18.2 Å². The highest BCUT2D eigenvalue weighted by molar-refractivity contribution is 6.32. The van der Waals surface area contributed by atoms with Gasteiger partial charge in [0.15, 0.2) is 0 Å². The number of amides is 2. The van der Waals surface area contributed by atoms with E-state index in [-0.39, 0.29) is 34.1 Å². The number of nitrogens with zero attached hydrogens (tertiary/aromatic N) is 2. The molecular formula is C22H15ClF3N5O3. The monoisotopic (exact) mass is 489 g/mol. The van der Waals surface area contributed by atoms with Gasteiger partial charge >= 0.3 is 6.18 Å². The zero-order chi connectivity index (χ0) is 24.5. The molecule has 0 aliphatic carbocycles. The lowest BCUT2D eigenvalue weighted by molar-refractivity contribution is -0.137. The van der Waals surface area contributed by atoms with Crippen LogP contribution in [0.1, 0.15) is 26.4 Å². The first-order valence-electron chi connectivity index (χ1n) is 9.68. The molecule has 4 rings (SSSR count). The lowest BCUT2D eigenvalue weighted by Gasteiger charge is -2.08. The predicted octanol–water partition coefficient (Wildman–Crippen LogP) is 5.03. The summed E-state index contributed by atoms with van der Waals surface area (Å²) in [6.07, 6.45) is -3.22. The fourth-order valence-corrected chi connectivity index (χ4v) is 3.32. The minimum absolute atomic E-state index is 0.0499. The second kappa shape index (κ2) is 9.02. The molecule has 2 amide bonds. The van der Waals surface area contributed by atoms with Crippen LogP contribution in [-0.4, -0.2) is 33.8 Å². The number of anilines is 1. The van der Waals surface area contributed by atoms with Crippen LogP contribution in [-0.2, 0) is 6.18 Å². The summed E-state index contributed by atoms with van der Waals surface area (Å²) < 4.78 is 44.9. The van der Waals surface area contributed by atoms with Crippen molar-refractivity contribution in [1.29, 1.82) is 0 Å². The smallest absolute Gasteiger partial charge is 0.417 e. The molecule has 2 heterocycles. The highest BCUT2D eigenvalue weighted by atomic mass is 35.5. The molecule has 0 spiro atoms. The molecular weight excluding hydrogens is 475 g/mol. The average Bonchev–Trinajstić information content (AvgIpc) is 3.18. The minimum atomic E-state index is -4.63. The maximum absolute atomic E-state index is 13.1. The van der Waals surface area contributed by atoms with Crippen LogP contribution in [0, 0.1) is 0 Å². The van der Waals surface area contributed by atoms with Crippen molar-refractivity contribution in [2.45, 2.75) is 6.18 Å². The largest absolute Gasteiger partial charge is 0.457 e. The van der Waals surface area contributed by atoms with Crippen molar-refractivity contribution in [2.75, 3.05) is 12.4 Å². The van der Waals surface area contributed by atoms with Crippen molar-refractivity contribution >= 4 is 40.4 Å². The molecule has 0 fully saturated rings. The van der Waals surface area contributed by atoms with Gasteiger partial charge in [0.2, 0.25) is 5.95 Å². The van der Waals surface area contributed by atoms with Crippen molar-refractivity contribution in [3.8, 4) is 11.5 Å². The Morgan fingerprint density at radius 2 is 1.82 bits per heavy atom. The van der Waals surface area contributed by atoms with Gasteiger partial charge < -0.3 is 15.0 Å². The van der Waals surface area contributed by atoms with E-state index in [9.17, 15) is 22.8 Å². The predicted molar refractivity (Wildman–Crippen MR) is 118 cm³/mol. The number of benzene rings is 2. The van der Waals surface area contributed by atoms with Gasteiger partial charge in [0.1, 0.15) is 17.2 Å². The number of fused-ring (bicyclic) bond motifs is 1. The van der Waals surface area contributed by atoms with Crippen molar-refractivity contribution in [1.82, 2.24) is 20.3 Å². The second-order valence-corrected chi connectivity index (χ2v) is 7.38. The molecule has 2 aromatic heterocycles. The average molecular weight is 490 g/mol. The number of H-pyrrole nitrogens is 1. The summed E-state index contributed by atoms with van der Waals surface area (Å²) >= 11 is 5.72. The molecule has 0 aliphatic heterocycles. The fraction of sp³-hybridized carbons (Fsp3) is 0.0909. The molecule has 8 nitrogen and oxygen atoms in total. The third-order valence-corrected chi connectivity index (χ3v) is 4.94. The summed E-state index contributed by atoms with van der Waals surface area (Å²) in [4.78, 5) is 35.1. The molecule has 0 atom stereocenters. The Kier molecular flexibility index (Phi) is 6.12. The number of halogens is 4. The molecule has 0 unspecified atom stereocenters. The first-order valence-corrected chi connectivity index (χ1v) is 10.1. The number of aromatic nitrogens is 3. The molecule has 0 aliphatic rings. The van der Waals surface area contributed by atoms with E-state index in [2.05, 4.69) is 25.6 Å². The van der Waals surface area contributed by atoms with Crippen LogP contribution in [0.15, 0.2) is 54.7 Å². The highest BCUT2D eigenvalue weighted by Crippen LogP contribution is 2.37. The summed E-state index contributed by atoms with van der Waals surface area (Å²) in [5.41, 5.74) is -0.424. The maximum Gasteiger partial charge on any atom is 0.417 e. The third kappa shape index (κ3) is 4.94. The topological polar surface area (TPSA) is 109 Å². The molecule has 0 bridgehead atoms. The van der Waals surface area contributed by atoms with E-state index in [1.807, 2.05) is 0 Å². The number of hydrogen-bond acceptors (Lipinski definition) is 5. The van der Waals surface area contributed by atoms with Gasteiger partial charge in [-0.2, -0.15) is 13.2 Å². The zero-order valence-corrected chi connectivity index (χ0v) is 18.1. The van der Waals surface area contributed by atoms with E-state index in [0.717, 1.165) is 12.1 Å². The van der Waals surface area contributed by atoms with Crippen LogP contribution in [0.3, 0.4) is 0 Å². The second-order valence-electron chi connectivity index (χ2n) is 6.97. The van der Waals surface area contributed by atoms with Crippen LogP contribution >= 0.6 is 11.6 Å². The Morgan fingerprint density at radius 3 is 2.56 bits per heavy atom. The van der Waals surface area contributed by atoms with Crippen molar-refractivity contribution in [3.05, 3.63) is 76.6 Å². The first kappa shape index (κ1) is 23.1.